The topological polar surface area (TPSA) is 55.5 Å². The normalized spacial score (nSPS) is 18.8. The quantitative estimate of drug-likeness (QED) is 0.659. The smallest absolute Gasteiger partial charge is 0.225 e. The molecule has 0 saturated carbocycles. The first-order chi connectivity index (χ1) is 15.2. The highest BCUT2D eigenvalue weighted by atomic mass is 32.1. The maximum absolute atomic E-state index is 12.8. The summed E-state index contributed by atoms with van der Waals surface area (Å²) in [5.74, 6) is 1.30. The fraction of sp³-hybridized carbons (Fsp3) is 0.625. The molecule has 2 fully saturated rings. The lowest BCUT2D eigenvalue weighted by Crippen LogP contribution is -2.47. The number of rotatable bonds is 4. The van der Waals surface area contributed by atoms with Crippen molar-refractivity contribution in [3.05, 3.63) is 34.6 Å². The molecule has 8 heteroatoms. The molecule has 2 aliphatic heterocycles. The highest BCUT2D eigenvalue weighted by Crippen LogP contribution is 2.26. The number of carbonyl (C=O) groups is 1. The Labute approximate surface area is 196 Å². The van der Waals surface area contributed by atoms with Crippen molar-refractivity contribution in [1.29, 1.82) is 0 Å². The Hall–Kier alpha value is -2.03. The summed E-state index contributed by atoms with van der Waals surface area (Å²) in [5.41, 5.74) is 2.50. The van der Waals surface area contributed by atoms with Gasteiger partial charge in [0.05, 0.1) is 19.9 Å². The van der Waals surface area contributed by atoms with E-state index in [-0.39, 0.29) is 11.3 Å². The Morgan fingerprint density at radius 1 is 1.09 bits per heavy atom. The molecule has 1 amide bonds. The average Bonchev–Trinajstić information content (AvgIpc) is 3.08. The van der Waals surface area contributed by atoms with Crippen LogP contribution in [-0.2, 0) is 28.7 Å². The van der Waals surface area contributed by atoms with Crippen LogP contribution in [-0.4, -0.2) is 69.4 Å². The van der Waals surface area contributed by atoms with E-state index in [2.05, 4.69) is 49.9 Å². The number of hydrogen-bond acceptors (Lipinski definition) is 5. The largest absolute Gasteiger partial charge is 0.378 e. The van der Waals surface area contributed by atoms with Crippen molar-refractivity contribution in [2.45, 2.75) is 45.7 Å². The van der Waals surface area contributed by atoms with Crippen LogP contribution >= 0.6 is 12.2 Å². The van der Waals surface area contributed by atoms with E-state index in [9.17, 15) is 4.79 Å². The molecule has 1 aromatic heterocycles. The number of morpholine rings is 1. The van der Waals surface area contributed by atoms with Gasteiger partial charge in [0.15, 0.2) is 10.6 Å². The van der Waals surface area contributed by atoms with Crippen molar-refractivity contribution in [2.75, 3.05) is 39.4 Å². The SMILES string of the molecule is Cn1c(-c2ccc(C(C)(C)C)cc2)nn(CN2CCC(C(=O)N3CCOCC3)CC2)c1=S. The van der Waals surface area contributed by atoms with E-state index in [0.29, 0.717) is 30.6 Å². The Bertz CT molecular complexity index is 991. The number of benzene rings is 1. The molecule has 3 heterocycles. The zero-order valence-electron chi connectivity index (χ0n) is 19.7. The second-order valence-corrected chi connectivity index (χ2v) is 10.3. The molecule has 2 saturated heterocycles. The molecular formula is C24H35N5O2S. The molecule has 0 spiro atoms. The molecule has 2 aliphatic rings. The number of amides is 1. The molecule has 7 nitrogen and oxygen atoms in total. The predicted octanol–water partition coefficient (Wildman–Crippen LogP) is 3.44. The molecule has 2 aromatic rings. The van der Waals surface area contributed by atoms with E-state index < -0.39 is 0 Å². The molecule has 1 aromatic carbocycles. The number of carbonyl (C=O) groups excluding carboxylic acids is 1. The van der Waals surface area contributed by atoms with Gasteiger partial charge in [-0.1, -0.05) is 45.0 Å². The summed E-state index contributed by atoms with van der Waals surface area (Å²) in [6.07, 6.45) is 1.77. The Morgan fingerprint density at radius 3 is 2.31 bits per heavy atom. The van der Waals surface area contributed by atoms with Gasteiger partial charge in [-0.15, -0.1) is 0 Å². The van der Waals surface area contributed by atoms with E-state index in [1.807, 2.05) is 21.2 Å². The number of aromatic nitrogens is 3. The zero-order chi connectivity index (χ0) is 22.9. The summed E-state index contributed by atoms with van der Waals surface area (Å²) in [6, 6.07) is 8.61. The number of likely N-dealkylation sites (tertiary alicyclic amines) is 1. The molecule has 0 unspecified atom stereocenters. The van der Waals surface area contributed by atoms with Crippen molar-refractivity contribution in [3.63, 3.8) is 0 Å². The summed E-state index contributed by atoms with van der Waals surface area (Å²) in [6.45, 7) is 11.8. The van der Waals surface area contributed by atoms with Crippen molar-refractivity contribution in [3.8, 4) is 11.4 Å². The molecular weight excluding hydrogens is 422 g/mol. The van der Waals surface area contributed by atoms with E-state index in [1.54, 1.807) is 0 Å². The monoisotopic (exact) mass is 457 g/mol. The summed E-state index contributed by atoms with van der Waals surface area (Å²) in [7, 11) is 1.98. The third-order valence-corrected chi connectivity index (χ3v) is 7.13. The van der Waals surface area contributed by atoms with Gasteiger partial charge in [0.1, 0.15) is 0 Å². The zero-order valence-corrected chi connectivity index (χ0v) is 20.5. The first kappa shape index (κ1) is 23.1. The Kier molecular flexibility index (Phi) is 6.83. The number of hydrogen-bond donors (Lipinski definition) is 0. The fourth-order valence-electron chi connectivity index (χ4n) is 4.50. The third kappa shape index (κ3) is 4.97. The van der Waals surface area contributed by atoms with Crippen LogP contribution in [0.15, 0.2) is 24.3 Å². The van der Waals surface area contributed by atoms with Crippen LogP contribution in [0, 0.1) is 10.7 Å². The van der Waals surface area contributed by atoms with Gasteiger partial charge in [0.25, 0.3) is 0 Å². The van der Waals surface area contributed by atoms with Crippen molar-refractivity contribution in [2.24, 2.45) is 13.0 Å². The van der Waals surface area contributed by atoms with Crippen molar-refractivity contribution < 1.29 is 9.53 Å². The Morgan fingerprint density at radius 2 is 1.72 bits per heavy atom. The molecule has 0 radical (unpaired) electrons. The van der Waals surface area contributed by atoms with Crippen LogP contribution in [0.1, 0.15) is 39.2 Å². The maximum Gasteiger partial charge on any atom is 0.225 e. The third-order valence-electron chi connectivity index (χ3n) is 6.64. The summed E-state index contributed by atoms with van der Waals surface area (Å²) < 4.78 is 9.98. The van der Waals surface area contributed by atoms with Gasteiger partial charge in [-0.2, -0.15) is 5.10 Å². The van der Waals surface area contributed by atoms with E-state index >= 15 is 0 Å². The minimum atomic E-state index is 0.123. The molecule has 174 valence electrons. The van der Waals surface area contributed by atoms with Gasteiger partial charge in [-0.05, 0) is 36.0 Å². The van der Waals surface area contributed by atoms with Crippen LogP contribution < -0.4 is 0 Å². The predicted molar refractivity (Wildman–Crippen MR) is 128 cm³/mol. The van der Waals surface area contributed by atoms with Crippen LogP contribution in [0.2, 0.25) is 0 Å². The van der Waals surface area contributed by atoms with Crippen LogP contribution in [0.3, 0.4) is 0 Å². The lowest BCUT2D eigenvalue weighted by molar-refractivity contribution is -0.141. The molecule has 4 rings (SSSR count). The molecule has 0 N–H and O–H groups in total. The van der Waals surface area contributed by atoms with E-state index in [1.165, 1.54) is 5.56 Å². The first-order valence-corrected chi connectivity index (χ1v) is 12.0. The maximum atomic E-state index is 12.8. The second-order valence-electron chi connectivity index (χ2n) is 9.96. The highest BCUT2D eigenvalue weighted by molar-refractivity contribution is 7.71. The molecule has 0 bridgehead atoms. The van der Waals surface area contributed by atoms with Crippen molar-refractivity contribution in [1.82, 2.24) is 24.1 Å². The summed E-state index contributed by atoms with van der Waals surface area (Å²) >= 11 is 5.68. The minimum Gasteiger partial charge on any atom is -0.378 e. The first-order valence-electron chi connectivity index (χ1n) is 11.6. The molecule has 0 atom stereocenters. The minimum absolute atomic E-state index is 0.123. The van der Waals surface area contributed by atoms with E-state index in [4.69, 9.17) is 22.1 Å². The second kappa shape index (κ2) is 9.45. The molecule has 32 heavy (non-hydrogen) atoms. The lowest BCUT2D eigenvalue weighted by Gasteiger charge is -2.35. The van der Waals surface area contributed by atoms with Gasteiger partial charge in [-0.25, -0.2) is 4.68 Å². The molecule has 0 aliphatic carbocycles. The van der Waals surface area contributed by atoms with Gasteiger partial charge in [0.2, 0.25) is 5.91 Å². The van der Waals surface area contributed by atoms with Crippen molar-refractivity contribution >= 4 is 18.1 Å². The van der Waals surface area contributed by atoms with Crippen LogP contribution in [0.4, 0.5) is 0 Å². The van der Waals surface area contributed by atoms with Gasteiger partial charge in [-0.3, -0.25) is 9.69 Å². The van der Waals surface area contributed by atoms with Gasteiger partial charge < -0.3 is 14.2 Å². The lowest BCUT2D eigenvalue weighted by atomic mass is 9.87. The summed E-state index contributed by atoms with van der Waals surface area (Å²) in [5, 5.41) is 4.84. The van der Waals surface area contributed by atoms with Gasteiger partial charge in [0, 0.05) is 44.7 Å². The highest BCUT2D eigenvalue weighted by Gasteiger charge is 2.29. The average molecular weight is 458 g/mol. The number of ether oxygens (including phenoxy) is 1. The Balaban J connectivity index is 1.39. The van der Waals surface area contributed by atoms with Crippen LogP contribution in [0.25, 0.3) is 11.4 Å². The van der Waals surface area contributed by atoms with Crippen LogP contribution in [0.5, 0.6) is 0 Å². The number of nitrogens with zero attached hydrogens (tertiary/aromatic N) is 5. The number of piperidine rings is 1. The fourth-order valence-corrected chi connectivity index (χ4v) is 4.69. The van der Waals surface area contributed by atoms with Gasteiger partial charge >= 0.3 is 0 Å². The van der Waals surface area contributed by atoms with E-state index in [0.717, 1.165) is 50.4 Å². The summed E-state index contributed by atoms with van der Waals surface area (Å²) in [4.78, 5) is 17.1. The standard InChI is InChI=1S/C24H35N5O2S/c1-24(2,3)20-7-5-18(6-8-20)21-25-29(23(32)26(21)4)17-27-11-9-19(10-12-27)22(30)28-13-15-31-16-14-28/h5-8,19H,9-17H2,1-4H3.